The number of alkyl halides is 3. The summed E-state index contributed by atoms with van der Waals surface area (Å²) in [6, 6.07) is 10.6. The Kier molecular flexibility index (Phi) is 4.76. The summed E-state index contributed by atoms with van der Waals surface area (Å²) in [6.45, 7) is 1.98. The van der Waals surface area contributed by atoms with Crippen molar-refractivity contribution in [3.05, 3.63) is 70.9 Å². The highest BCUT2D eigenvalue weighted by Crippen LogP contribution is 2.41. The zero-order valence-corrected chi connectivity index (χ0v) is 14.1. The number of rotatable bonds is 5. The zero-order chi connectivity index (χ0) is 18.9. The molecule has 0 radical (unpaired) electrons. The maximum Gasteiger partial charge on any atom is 0.416 e. The van der Waals surface area contributed by atoms with E-state index in [4.69, 9.17) is 0 Å². The number of H-pyrrole nitrogens is 1. The van der Waals surface area contributed by atoms with E-state index in [0.717, 1.165) is 29.0 Å². The Hall–Kier alpha value is -2.76. The fraction of sp³-hybridized carbons (Fsp3) is 0.250. The summed E-state index contributed by atoms with van der Waals surface area (Å²) in [5.41, 5.74) is 1.47. The van der Waals surface area contributed by atoms with Crippen LogP contribution in [-0.2, 0) is 17.4 Å². The largest absolute Gasteiger partial charge is 0.550 e. The molecule has 26 heavy (non-hydrogen) atoms. The molecule has 0 aliphatic carbocycles. The van der Waals surface area contributed by atoms with Crippen molar-refractivity contribution in [3.8, 4) is 0 Å². The number of carboxylic acids is 1. The van der Waals surface area contributed by atoms with Crippen LogP contribution in [0.2, 0.25) is 0 Å². The molecule has 0 aliphatic heterocycles. The van der Waals surface area contributed by atoms with Crippen molar-refractivity contribution >= 4 is 16.9 Å². The lowest BCUT2D eigenvalue weighted by atomic mass is 9.85. The van der Waals surface area contributed by atoms with Crippen LogP contribution >= 0.6 is 0 Å². The van der Waals surface area contributed by atoms with Crippen LogP contribution in [0.1, 0.15) is 41.5 Å². The number of benzene rings is 2. The van der Waals surface area contributed by atoms with Crippen LogP contribution in [0.3, 0.4) is 0 Å². The first-order valence-corrected chi connectivity index (χ1v) is 8.27. The number of halogens is 3. The third-order valence-corrected chi connectivity index (χ3v) is 4.60. The number of hydrogen-bond acceptors (Lipinski definition) is 2. The molecule has 0 saturated heterocycles. The molecule has 0 aliphatic rings. The van der Waals surface area contributed by atoms with Gasteiger partial charge in [0.05, 0.1) is 5.56 Å². The Morgan fingerprint density at radius 3 is 2.50 bits per heavy atom. The summed E-state index contributed by atoms with van der Waals surface area (Å²) in [7, 11) is 0. The number of para-hydroxylation sites is 1. The van der Waals surface area contributed by atoms with Crippen LogP contribution in [0.5, 0.6) is 0 Å². The molecule has 0 amide bonds. The number of aromatic amines is 1. The van der Waals surface area contributed by atoms with Crippen LogP contribution < -0.4 is 5.11 Å². The third-order valence-electron chi connectivity index (χ3n) is 4.60. The van der Waals surface area contributed by atoms with Gasteiger partial charge in [-0.1, -0.05) is 43.3 Å². The predicted octanol–water partition coefficient (Wildman–Crippen LogP) is 4.02. The van der Waals surface area contributed by atoms with Crippen molar-refractivity contribution in [1.29, 1.82) is 0 Å². The Morgan fingerprint density at radius 2 is 1.85 bits per heavy atom. The molecule has 0 fully saturated rings. The molecule has 1 aromatic heterocycles. The Bertz CT molecular complexity index is 944. The Labute approximate surface area is 148 Å². The number of aliphatic carboxylic acids is 1. The molecule has 3 rings (SSSR count). The molecule has 1 N–H and O–H groups in total. The number of nitrogens with one attached hydrogen (secondary N) is 1. The van der Waals surface area contributed by atoms with Crippen LogP contribution in [-0.4, -0.2) is 11.0 Å². The minimum atomic E-state index is -4.57. The smallest absolute Gasteiger partial charge is 0.416 e. The molecule has 3 aromatic rings. The van der Waals surface area contributed by atoms with Gasteiger partial charge in [-0.2, -0.15) is 13.2 Å². The minimum absolute atomic E-state index is 0.0630. The maximum atomic E-state index is 13.4. The topological polar surface area (TPSA) is 55.9 Å². The molecule has 3 nitrogen and oxygen atoms in total. The maximum absolute atomic E-state index is 13.4. The van der Waals surface area contributed by atoms with Gasteiger partial charge in [0.15, 0.2) is 0 Å². The van der Waals surface area contributed by atoms with Gasteiger partial charge in [-0.05, 0) is 35.6 Å². The van der Waals surface area contributed by atoms with Gasteiger partial charge in [0, 0.05) is 29.0 Å². The number of carboxylic acid groups (broad SMARTS) is 1. The van der Waals surface area contributed by atoms with Crippen molar-refractivity contribution in [2.75, 3.05) is 0 Å². The Balaban J connectivity index is 2.23. The molecule has 136 valence electrons. The molecule has 0 spiro atoms. The number of aryl methyl sites for hydroxylation is 1. The second-order valence-electron chi connectivity index (χ2n) is 6.15. The van der Waals surface area contributed by atoms with Gasteiger partial charge in [-0.15, -0.1) is 0 Å². The number of carbonyl (C=O) groups is 1. The van der Waals surface area contributed by atoms with Gasteiger partial charge in [-0.3, -0.25) is 0 Å². The molecular formula is C20H17F3NO2-. The van der Waals surface area contributed by atoms with Crippen LogP contribution in [0.4, 0.5) is 13.2 Å². The minimum Gasteiger partial charge on any atom is -0.550 e. The van der Waals surface area contributed by atoms with Crippen LogP contribution in [0.25, 0.3) is 10.9 Å². The van der Waals surface area contributed by atoms with E-state index in [0.29, 0.717) is 5.56 Å². The standard InChI is InChI=1S/C20H18F3NO2/c1-2-12-6-5-8-14-16(11-24-19(12)14)15(10-18(25)26)13-7-3-4-9-17(13)20(21,22)23/h3-9,11,15,24H,2,10H2,1H3,(H,25,26)/p-1/t15-/m1/s1. The van der Waals surface area contributed by atoms with Gasteiger partial charge in [0.2, 0.25) is 0 Å². The average Bonchev–Trinajstić information content (AvgIpc) is 3.02. The Morgan fingerprint density at radius 1 is 1.12 bits per heavy atom. The molecular weight excluding hydrogens is 343 g/mol. The fourth-order valence-corrected chi connectivity index (χ4v) is 3.43. The first-order chi connectivity index (χ1) is 12.3. The van der Waals surface area contributed by atoms with Crippen molar-refractivity contribution in [2.24, 2.45) is 0 Å². The first-order valence-electron chi connectivity index (χ1n) is 8.27. The van der Waals surface area contributed by atoms with Gasteiger partial charge in [0.1, 0.15) is 0 Å². The summed E-state index contributed by atoms with van der Waals surface area (Å²) < 4.78 is 40.3. The molecule has 2 aromatic carbocycles. The van der Waals surface area contributed by atoms with Crippen LogP contribution in [0, 0.1) is 0 Å². The van der Waals surface area contributed by atoms with Gasteiger partial charge in [-0.25, -0.2) is 0 Å². The van der Waals surface area contributed by atoms with Crippen molar-refractivity contribution in [2.45, 2.75) is 31.9 Å². The average molecular weight is 360 g/mol. The van der Waals surface area contributed by atoms with E-state index in [9.17, 15) is 23.1 Å². The number of fused-ring (bicyclic) bond motifs is 1. The van der Waals surface area contributed by atoms with Crippen molar-refractivity contribution in [1.82, 2.24) is 4.98 Å². The van der Waals surface area contributed by atoms with E-state index in [2.05, 4.69) is 4.98 Å². The third kappa shape index (κ3) is 3.31. The summed E-state index contributed by atoms with van der Waals surface area (Å²) in [6.07, 6.45) is -2.75. The number of aromatic nitrogens is 1. The highest BCUT2D eigenvalue weighted by molar-refractivity contribution is 5.87. The lowest BCUT2D eigenvalue weighted by molar-refractivity contribution is -0.306. The second kappa shape index (κ2) is 6.86. The number of hydrogen-bond donors (Lipinski definition) is 1. The first kappa shape index (κ1) is 18.0. The van der Waals surface area contributed by atoms with E-state index < -0.39 is 30.0 Å². The monoisotopic (exact) mass is 360 g/mol. The van der Waals surface area contributed by atoms with Gasteiger partial charge in [0.25, 0.3) is 0 Å². The van der Waals surface area contributed by atoms with E-state index in [1.807, 2.05) is 19.1 Å². The lowest BCUT2D eigenvalue weighted by Gasteiger charge is -2.22. The van der Waals surface area contributed by atoms with E-state index >= 15 is 0 Å². The molecule has 0 unspecified atom stereocenters. The second-order valence-corrected chi connectivity index (χ2v) is 6.15. The predicted molar refractivity (Wildman–Crippen MR) is 90.6 cm³/mol. The van der Waals surface area contributed by atoms with Gasteiger partial charge < -0.3 is 14.9 Å². The van der Waals surface area contributed by atoms with E-state index in [-0.39, 0.29) is 5.56 Å². The highest BCUT2D eigenvalue weighted by atomic mass is 19.4. The quantitative estimate of drug-likeness (QED) is 0.747. The zero-order valence-electron chi connectivity index (χ0n) is 14.1. The molecule has 6 heteroatoms. The summed E-state index contributed by atoms with van der Waals surface area (Å²) in [4.78, 5) is 14.4. The highest BCUT2D eigenvalue weighted by Gasteiger charge is 2.35. The fourth-order valence-electron chi connectivity index (χ4n) is 3.43. The molecule has 0 saturated carbocycles. The summed E-state index contributed by atoms with van der Waals surface area (Å²) in [5, 5.41) is 12.0. The molecule has 0 bridgehead atoms. The SMILES string of the molecule is CCc1cccc2c([C@H](CC(=O)[O-])c3ccccc3C(F)(F)F)c[nH]c12. The van der Waals surface area contributed by atoms with Crippen molar-refractivity contribution < 1.29 is 23.1 Å². The summed E-state index contributed by atoms with van der Waals surface area (Å²) in [5.74, 6) is -2.35. The number of carbonyl (C=O) groups excluding carboxylic acids is 1. The van der Waals surface area contributed by atoms with Gasteiger partial charge >= 0.3 is 6.18 Å². The summed E-state index contributed by atoms with van der Waals surface area (Å²) >= 11 is 0. The van der Waals surface area contributed by atoms with Crippen LogP contribution in [0.15, 0.2) is 48.7 Å². The molecule has 1 atom stereocenters. The lowest BCUT2D eigenvalue weighted by Crippen LogP contribution is -2.26. The van der Waals surface area contributed by atoms with E-state index in [1.165, 1.54) is 18.2 Å². The molecule has 1 heterocycles. The van der Waals surface area contributed by atoms with E-state index in [1.54, 1.807) is 12.3 Å². The van der Waals surface area contributed by atoms with Crippen molar-refractivity contribution in [3.63, 3.8) is 0 Å². The normalized spacial score (nSPS) is 13.1.